The predicted molar refractivity (Wildman–Crippen MR) is 54.7 cm³/mol. The van der Waals surface area contributed by atoms with E-state index in [2.05, 4.69) is 0 Å². The van der Waals surface area contributed by atoms with Crippen molar-refractivity contribution in [2.45, 2.75) is 51.1 Å². The van der Waals surface area contributed by atoms with E-state index in [0.717, 1.165) is 13.8 Å². The van der Waals surface area contributed by atoms with Gasteiger partial charge in [0.1, 0.15) is 5.78 Å². The molecule has 0 aromatic rings. The quantitative estimate of drug-likeness (QED) is 0.552. The van der Waals surface area contributed by atoms with Crippen LogP contribution in [0, 0.1) is 5.92 Å². The molecule has 0 amide bonds. The van der Waals surface area contributed by atoms with Crippen molar-refractivity contribution in [1.82, 2.24) is 0 Å². The molecular formula is C11H13F7O2. The Kier molecular flexibility index (Phi) is 5.74. The highest BCUT2D eigenvalue weighted by molar-refractivity contribution is 6.03. The third kappa shape index (κ3) is 8.11. The molecular weight excluding hydrogens is 297 g/mol. The first-order chi connectivity index (χ1) is 8.62. The van der Waals surface area contributed by atoms with E-state index in [1.54, 1.807) is 0 Å². The summed E-state index contributed by atoms with van der Waals surface area (Å²) in [6, 6.07) is 0. The first kappa shape index (κ1) is 18.9. The molecule has 0 aliphatic carbocycles. The molecule has 0 spiro atoms. The Hall–Kier alpha value is -1.15. The highest BCUT2D eigenvalue weighted by Crippen LogP contribution is 2.34. The number of carbonyl (C=O) groups is 2. The molecule has 20 heavy (non-hydrogen) atoms. The lowest BCUT2D eigenvalue weighted by Gasteiger charge is -2.20. The Morgan fingerprint density at radius 3 is 1.45 bits per heavy atom. The molecule has 0 saturated carbocycles. The second-order valence-electron chi connectivity index (χ2n) is 4.87. The number of Topliss-reactive ketones (excluding diaryl/α,β-unsaturated/α-hetero) is 2. The summed E-state index contributed by atoms with van der Waals surface area (Å²) in [5.74, 6) is -5.34. The van der Waals surface area contributed by atoms with E-state index in [1.807, 2.05) is 0 Å². The highest BCUT2D eigenvalue weighted by atomic mass is 19.4. The van der Waals surface area contributed by atoms with Crippen molar-refractivity contribution in [2.24, 2.45) is 5.92 Å². The van der Waals surface area contributed by atoms with Gasteiger partial charge in [-0.15, -0.1) is 0 Å². The first-order valence-corrected chi connectivity index (χ1v) is 5.50. The van der Waals surface area contributed by atoms with Crippen LogP contribution in [0.25, 0.3) is 0 Å². The predicted octanol–water partition coefficient (Wildman–Crippen LogP) is 3.78. The van der Waals surface area contributed by atoms with Crippen LogP contribution in [0.1, 0.15) is 33.1 Å². The fraction of sp³-hybridized carbons (Fsp3) is 0.818. The lowest BCUT2D eigenvalue weighted by atomic mass is 9.90. The van der Waals surface area contributed by atoms with Gasteiger partial charge in [-0.3, -0.25) is 9.59 Å². The Labute approximate surface area is 110 Å². The summed E-state index contributed by atoms with van der Waals surface area (Å²) in [6.45, 7) is 1.54. The highest BCUT2D eigenvalue weighted by Gasteiger charge is 2.43. The summed E-state index contributed by atoms with van der Waals surface area (Å²) < 4.78 is 85.9. The lowest BCUT2D eigenvalue weighted by Crippen LogP contribution is -2.33. The smallest absolute Gasteiger partial charge is 0.299 e. The van der Waals surface area contributed by atoms with E-state index in [4.69, 9.17) is 0 Å². The molecule has 0 radical (unpaired) electrons. The average molecular weight is 310 g/mol. The molecule has 0 rings (SSSR count). The van der Waals surface area contributed by atoms with Crippen molar-refractivity contribution in [3.8, 4) is 0 Å². The molecule has 118 valence electrons. The zero-order valence-electron chi connectivity index (χ0n) is 10.7. The van der Waals surface area contributed by atoms with Gasteiger partial charge in [-0.05, 0) is 13.8 Å². The molecule has 2 nitrogen and oxygen atoms in total. The van der Waals surface area contributed by atoms with Gasteiger partial charge in [-0.25, -0.2) is 4.39 Å². The fourth-order valence-electron chi connectivity index (χ4n) is 1.37. The summed E-state index contributed by atoms with van der Waals surface area (Å²) >= 11 is 0. The Morgan fingerprint density at radius 1 is 0.850 bits per heavy atom. The van der Waals surface area contributed by atoms with Gasteiger partial charge in [-0.1, -0.05) is 0 Å². The van der Waals surface area contributed by atoms with E-state index in [9.17, 15) is 40.3 Å². The summed E-state index contributed by atoms with van der Waals surface area (Å²) in [6.07, 6.45) is -15.3. The monoisotopic (exact) mass is 310 g/mol. The number of hydrogen-bond donors (Lipinski definition) is 0. The molecule has 0 aromatic carbocycles. The molecule has 0 fully saturated rings. The van der Waals surface area contributed by atoms with E-state index >= 15 is 0 Å². The van der Waals surface area contributed by atoms with Gasteiger partial charge in [0.05, 0.1) is 19.3 Å². The van der Waals surface area contributed by atoms with Crippen LogP contribution in [0.4, 0.5) is 30.7 Å². The second kappa shape index (κ2) is 6.09. The van der Waals surface area contributed by atoms with Crippen LogP contribution in [0.5, 0.6) is 0 Å². The van der Waals surface area contributed by atoms with Crippen molar-refractivity contribution in [3.63, 3.8) is 0 Å². The normalized spacial score (nSPS) is 13.7. The minimum atomic E-state index is -4.99. The molecule has 0 atom stereocenters. The van der Waals surface area contributed by atoms with Gasteiger partial charge in [0.25, 0.3) is 0 Å². The topological polar surface area (TPSA) is 34.1 Å². The molecule has 9 heteroatoms. The maximum atomic E-state index is 13.1. The van der Waals surface area contributed by atoms with Crippen LogP contribution in [-0.2, 0) is 9.59 Å². The number of hydrogen-bond acceptors (Lipinski definition) is 2. The van der Waals surface area contributed by atoms with Crippen molar-refractivity contribution >= 4 is 11.6 Å². The van der Waals surface area contributed by atoms with Gasteiger partial charge in [0.15, 0.2) is 11.5 Å². The molecule has 0 N–H and O–H groups in total. The van der Waals surface area contributed by atoms with Crippen LogP contribution < -0.4 is 0 Å². The summed E-state index contributed by atoms with van der Waals surface area (Å²) in [7, 11) is 0. The third-order valence-electron chi connectivity index (χ3n) is 2.41. The summed E-state index contributed by atoms with van der Waals surface area (Å²) in [5.41, 5.74) is -2.49. The number of carbonyl (C=O) groups excluding carboxylic acids is 2. The van der Waals surface area contributed by atoms with Gasteiger partial charge >= 0.3 is 12.4 Å². The number of rotatable bonds is 6. The maximum absolute atomic E-state index is 13.1. The summed E-state index contributed by atoms with van der Waals surface area (Å²) in [4.78, 5) is 22.5. The summed E-state index contributed by atoms with van der Waals surface area (Å²) in [5, 5.41) is 0. The van der Waals surface area contributed by atoms with Crippen molar-refractivity contribution in [2.75, 3.05) is 0 Å². The number of ketones is 2. The number of alkyl halides is 7. The van der Waals surface area contributed by atoms with Gasteiger partial charge in [0, 0.05) is 5.92 Å². The Morgan fingerprint density at radius 2 is 1.20 bits per heavy atom. The SMILES string of the molecule is CC(C)(F)C(=O)CC(=O)C(CC(F)(F)F)CC(F)(F)F. The Balaban J connectivity index is 4.95. The van der Waals surface area contributed by atoms with Crippen LogP contribution >= 0.6 is 0 Å². The standard InChI is InChI=1S/C11H13F7O2/c1-9(2,12)8(20)3-7(19)6(4-10(13,14)15)5-11(16,17)18/h6H,3-5H2,1-2H3. The lowest BCUT2D eigenvalue weighted by molar-refractivity contribution is -0.178. The van der Waals surface area contributed by atoms with Crippen LogP contribution in [0.3, 0.4) is 0 Å². The van der Waals surface area contributed by atoms with Gasteiger partial charge in [0.2, 0.25) is 0 Å². The van der Waals surface area contributed by atoms with Crippen LogP contribution in [0.2, 0.25) is 0 Å². The van der Waals surface area contributed by atoms with Crippen molar-refractivity contribution in [3.05, 3.63) is 0 Å². The third-order valence-corrected chi connectivity index (χ3v) is 2.41. The van der Waals surface area contributed by atoms with E-state index in [1.165, 1.54) is 0 Å². The molecule has 0 unspecified atom stereocenters. The van der Waals surface area contributed by atoms with Crippen molar-refractivity contribution < 1.29 is 40.3 Å². The molecule has 0 aliphatic rings. The molecule has 0 aliphatic heterocycles. The average Bonchev–Trinajstić information content (AvgIpc) is 2.10. The van der Waals surface area contributed by atoms with Crippen molar-refractivity contribution in [1.29, 1.82) is 0 Å². The van der Waals surface area contributed by atoms with E-state index in [-0.39, 0.29) is 0 Å². The van der Waals surface area contributed by atoms with Gasteiger partial charge in [-0.2, -0.15) is 26.3 Å². The first-order valence-electron chi connectivity index (χ1n) is 5.50. The minimum absolute atomic E-state index is 0.769. The molecule has 0 bridgehead atoms. The van der Waals surface area contributed by atoms with Crippen LogP contribution in [0.15, 0.2) is 0 Å². The van der Waals surface area contributed by atoms with E-state index < -0.39 is 54.8 Å². The Bertz CT molecular complexity index is 346. The number of halogens is 7. The molecule has 0 heterocycles. The zero-order chi connectivity index (χ0) is 16.4. The second-order valence-corrected chi connectivity index (χ2v) is 4.87. The van der Waals surface area contributed by atoms with Crippen LogP contribution in [-0.4, -0.2) is 29.6 Å². The molecule has 0 aromatic heterocycles. The minimum Gasteiger partial charge on any atom is -0.299 e. The largest absolute Gasteiger partial charge is 0.389 e. The van der Waals surface area contributed by atoms with Gasteiger partial charge < -0.3 is 0 Å². The zero-order valence-corrected chi connectivity index (χ0v) is 10.7. The fourth-order valence-corrected chi connectivity index (χ4v) is 1.37. The maximum Gasteiger partial charge on any atom is 0.389 e. The van der Waals surface area contributed by atoms with E-state index in [0.29, 0.717) is 0 Å². The molecule has 0 saturated heterocycles.